The molecule has 32 heavy (non-hydrogen) atoms. The van der Waals surface area contributed by atoms with Crippen LogP contribution >= 0.6 is 0 Å². The van der Waals surface area contributed by atoms with Crippen molar-refractivity contribution in [2.75, 3.05) is 19.6 Å². The average molecular weight is 454 g/mol. The Kier molecular flexibility index (Phi) is 9.89. The van der Waals surface area contributed by atoms with E-state index in [0.717, 1.165) is 0 Å². The highest BCUT2D eigenvalue weighted by molar-refractivity contribution is 5.94. The van der Waals surface area contributed by atoms with Crippen LogP contribution in [0.25, 0.3) is 0 Å². The Balaban J connectivity index is 2.04. The third-order valence-corrected chi connectivity index (χ3v) is 6.26. The fourth-order valence-corrected chi connectivity index (χ4v) is 4.62. The number of likely N-dealkylation sites (tertiary alicyclic amines) is 2. The first-order valence-corrected chi connectivity index (χ1v) is 11.8. The van der Waals surface area contributed by atoms with Crippen molar-refractivity contribution in [1.82, 2.24) is 15.1 Å². The smallest absolute Gasteiger partial charge is 0.326 e. The van der Waals surface area contributed by atoms with Gasteiger partial charge >= 0.3 is 5.97 Å². The second-order valence-electron chi connectivity index (χ2n) is 9.30. The van der Waals surface area contributed by atoms with E-state index in [-0.39, 0.29) is 24.2 Å². The van der Waals surface area contributed by atoms with Crippen LogP contribution in [0.15, 0.2) is 0 Å². The molecule has 0 saturated carbocycles. The summed E-state index contributed by atoms with van der Waals surface area (Å²) in [6.07, 6.45) is 4.49. The summed E-state index contributed by atoms with van der Waals surface area (Å²) in [5.41, 5.74) is 11.5. The van der Waals surface area contributed by atoms with E-state index in [0.29, 0.717) is 64.6 Å². The molecule has 3 amide bonds. The number of nitrogens with zero attached hydrogens (tertiary/aromatic N) is 2. The number of carbonyl (C=O) groups excluding carboxylic acids is 3. The highest BCUT2D eigenvalue weighted by Crippen LogP contribution is 2.26. The van der Waals surface area contributed by atoms with Gasteiger partial charge < -0.3 is 31.7 Å². The molecule has 2 aliphatic rings. The zero-order valence-electron chi connectivity index (χ0n) is 19.3. The Morgan fingerprint density at radius 2 is 1.66 bits per heavy atom. The number of carboxylic acids is 1. The minimum Gasteiger partial charge on any atom is -0.480 e. The van der Waals surface area contributed by atoms with Gasteiger partial charge in [-0.1, -0.05) is 13.8 Å². The van der Waals surface area contributed by atoms with Gasteiger partial charge in [0.1, 0.15) is 18.1 Å². The van der Waals surface area contributed by atoms with Crippen molar-refractivity contribution in [3.63, 3.8) is 0 Å². The lowest BCUT2D eigenvalue weighted by atomic mass is 10.0. The SMILES string of the molecule is CC(C)CC(N)C(=O)N1CCCC1C(=O)N1CCCC1C(=O)NC(CCCCN)C(=O)O. The molecule has 2 fully saturated rings. The highest BCUT2D eigenvalue weighted by Gasteiger charge is 2.43. The Bertz CT molecular complexity index is 686. The van der Waals surface area contributed by atoms with Crippen LogP contribution < -0.4 is 16.8 Å². The molecule has 2 heterocycles. The van der Waals surface area contributed by atoms with Crippen LogP contribution in [0, 0.1) is 5.92 Å². The molecule has 2 aliphatic heterocycles. The predicted octanol–water partition coefficient (Wildman–Crippen LogP) is 0.0402. The zero-order valence-corrected chi connectivity index (χ0v) is 19.3. The quantitative estimate of drug-likeness (QED) is 0.321. The third-order valence-electron chi connectivity index (χ3n) is 6.26. The van der Waals surface area contributed by atoms with Gasteiger partial charge in [0.05, 0.1) is 6.04 Å². The molecular weight excluding hydrogens is 414 g/mol. The fraction of sp³-hybridized carbons (Fsp3) is 0.818. The van der Waals surface area contributed by atoms with Gasteiger partial charge in [0.2, 0.25) is 17.7 Å². The van der Waals surface area contributed by atoms with E-state index in [1.165, 1.54) is 4.90 Å². The fourth-order valence-electron chi connectivity index (χ4n) is 4.62. The summed E-state index contributed by atoms with van der Waals surface area (Å²) >= 11 is 0. The van der Waals surface area contributed by atoms with Crippen molar-refractivity contribution < 1.29 is 24.3 Å². The van der Waals surface area contributed by atoms with Gasteiger partial charge in [-0.2, -0.15) is 0 Å². The summed E-state index contributed by atoms with van der Waals surface area (Å²) < 4.78 is 0. The normalized spacial score (nSPS) is 22.8. The number of amides is 3. The van der Waals surface area contributed by atoms with Crippen molar-refractivity contribution in [3.05, 3.63) is 0 Å². The Hall–Kier alpha value is -2.20. The number of aliphatic carboxylic acids is 1. The molecule has 0 aliphatic carbocycles. The monoisotopic (exact) mass is 453 g/mol. The number of unbranched alkanes of at least 4 members (excludes halogenated alkanes) is 1. The molecule has 6 N–H and O–H groups in total. The van der Waals surface area contributed by atoms with Crippen LogP contribution in [0.3, 0.4) is 0 Å². The maximum absolute atomic E-state index is 13.3. The molecule has 2 rings (SSSR count). The maximum atomic E-state index is 13.3. The summed E-state index contributed by atoms with van der Waals surface area (Å²) in [5, 5.41) is 12.0. The van der Waals surface area contributed by atoms with E-state index < -0.39 is 36.0 Å². The first kappa shape index (κ1) is 26.1. The zero-order chi connectivity index (χ0) is 23.8. The molecule has 4 unspecified atom stereocenters. The number of nitrogens with two attached hydrogens (primary N) is 2. The van der Waals surface area contributed by atoms with Crippen LogP contribution in [0.4, 0.5) is 0 Å². The lowest BCUT2D eigenvalue weighted by Crippen LogP contribution is -2.56. The van der Waals surface area contributed by atoms with Gasteiger partial charge in [-0.3, -0.25) is 14.4 Å². The van der Waals surface area contributed by atoms with E-state index in [4.69, 9.17) is 11.5 Å². The first-order valence-electron chi connectivity index (χ1n) is 11.8. The van der Waals surface area contributed by atoms with Gasteiger partial charge in [-0.25, -0.2) is 4.79 Å². The second-order valence-corrected chi connectivity index (χ2v) is 9.30. The van der Waals surface area contributed by atoms with Crippen molar-refractivity contribution in [3.8, 4) is 0 Å². The molecule has 0 aromatic carbocycles. The van der Waals surface area contributed by atoms with Gasteiger partial charge in [-0.05, 0) is 63.8 Å². The molecular formula is C22H39N5O5. The topological polar surface area (TPSA) is 159 Å². The molecule has 0 spiro atoms. The van der Waals surface area contributed by atoms with Gasteiger partial charge in [-0.15, -0.1) is 0 Å². The van der Waals surface area contributed by atoms with Crippen molar-refractivity contribution in [2.24, 2.45) is 17.4 Å². The summed E-state index contributed by atoms with van der Waals surface area (Å²) in [7, 11) is 0. The molecule has 182 valence electrons. The molecule has 0 aromatic heterocycles. The maximum Gasteiger partial charge on any atom is 0.326 e. The van der Waals surface area contributed by atoms with Crippen molar-refractivity contribution >= 4 is 23.7 Å². The number of hydrogen-bond acceptors (Lipinski definition) is 6. The van der Waals surface area contributed by atoms with Gasteiger partial charge in [0, 0.05) is 13.1 Å². The number of rotatable bonds is 11. The lowest BCUT2D eigenvalue weighted by molar-refractivity contribution is -0.148. The summed E-state index contributed by atoms with van der Waals surface area (Å²) in [6.45, 7) is 5.34. The highest BCUT2D eigenvalue weighted by atomic mass is 16.4. The van der Waals surface area contributed by atoms with E-state index in [2.05, 4.69) is 5.32 Å². The van der Waals surface area contributed by atoms with Crippen LogP contribution in [-0.2, 0) is 19.2 Å². The molecule has 10 heteroatoms. The van der Waals surface area contributed by atoms with E-state index in [9.17, 15) is 24.3 Å². The minimum atomic E-state index is -1.10. The van der Waals surface area contributed by atoms with E-state index >= 15 is 0 Å². The molecule has 2 saturated heterocycles. The Morgan fingerprint density at radius 3 is 2.25 bits per heavy atom. The van der Waals surface area contributed by atoms with Crippen LogP contribution in [0.2, 0.25) is 0 Å². The molecule has 4 atom stereocenters. The molecule has 0 radical (unpaired) electrons. The largest absolute Gasteiger partial charge is 0.480 e. The van der Waals surface area contributed by atoms with Crippen molar-refractivity contribution in [2.45, 2.75) is 89.4 Å². The summed E-state index contributed by atoms with van der Waals surface area (Å²) in [5.74, 6) is -1.76. The minimum absolute atomic E-state index is 0.222. The molecule has 10 nitrogen and oxygen atoms in total. The van der Waals surface area contributed by atoms with Crippen LogP contribution in [0.1, 0.15) is 65.2 Å². The lowest BCUT2D eigenvalue weighted by Gasteiger charge is -2.32. The van der Waals surface area contributed by atoms with E-state index in [1.54, 1.807) is 4.90 Å². The third kappa shape index (κ3) is 6.65. The van der Waals surface area contributed by atoms with Gasteiger partial charge in [0.25, 0.3) is 0 Å². The van der Waals surface area contributed by atoms with Crippen molar-refractivity contribution in [1.29, 1.82) is 0 Å². The Morgan fingerprint density at radius 1 is 1.03 bits per heavy atom. The molecule has 0 aromatic rings. The first-order chi connectivity index (χ1) is 15.2. The molecule has 0 bridgehead atoms. The van der Waals surface area contributed by atoms with E-state index in [1.807, 2.05) is 13.8 Å². The Labute approximate surface area is 190 Å². The average Bonchev–Trinajstić information content (AvgIpc) is 3.41. The predicted molar refractivity (Wildman–Crippen MR) is 119 cm³/mol. The van der Waals surface area contributed by atoms with Crippen LogP contribution in [0.5, 0.6) is 0 Å². The van der Waals surface area contributed by atoms with Gasteiger partial charge in [0.15, 0.2) is 0 Å². The number of carboxylic acid groups (broad SMARTS) is 1. The second kappa shape index (κ2) is 12.2. The number of carbonyl (C=O) groups is 4. The number of nitrogens with one attached hydrogen (secondary N) is 1. The van der Waals surface area contributed by atoms with Crippen LogP contribution in [-0.4, -0.2) is 82.4 Å². The summed E-state index contributed by atoms with van der Waals surface area (Å²) in [4.78, 5) is 53.7. The summed E-state index contributed by atoms with van der Waals surface area (Å²) in [6, 6.07) is -2.99. The number of hydrogen-bond donors (Lipinski definition) is 4. The standard InChI is InChI=1S/C22H39N5O5/c1-14(2)13-15(24)20(29)27-12-6-9-18(27)21(30)26-11-5-8-17(26)19(28)25-16(22(31)32)7-3-4-10-23/h14-18H,3-13,23-24H2,1-2H3,(H,25,28)(H,31,32).